The minimum Gasteiger partial charge on any atom is -0.327 e. The Balaban J connectivity index is 1.81. The predicted octanol–water partition coefficient (Wildman–Crippen LogP) is 2.92. The normalized spacial score (nSPS) is 18.8. The van der Waals surface area contributed by atoms with E-state index in [-0.39, 0.29) is 17.8 Å². The molecule has 114 valence electrons. The largest absolute Gasteiger partial charge is 0.327 e. The third-order valence-electron chi connectivity index (χ3n) is 4.27. The lowest BCUT2D eigenvalue weighted by Gasteiger charge is -2.27. The van der Waals surface area contributed by atoms with Gasteiger partial charge in [0.25, 0.3) is 5.69 Å². The maximum absolute atomic E-state index is 12.0. The molecule has 0 bridgehead atoms. The highest BCUT2D eigenvalue weighted by Gasteiger charge is 2.34. The van der Waals surface area contributed by atoms with E-state index in [9.17, 15) is 14.9 Å². The van der Waals surface area contributed by atoms with Crippen molar-refractivity contribution in [3.05, 3.63) is 80.9 Å². The Bertz CT molecular complexity index is 873. The summed E-state index contributed by atoms with van der Waals surface area (Å²) in [6, 6.07) is 13.7. The first-order valence-corrected chi connectivity index (χ1v) is 7.26. The van der Waals surface area contributed by atoms with Gasteiger partial charge in [-0.3, -0.25) is 10.1 Å². The van der Waals surface area contributed by atoms with E-state index in [1.165, 1.54) is 12.1 Å². The standard InChI is InChI=1S/C17H13N3O3/c21-17-18-15(11-5-3-6-12(8-11)20(22)23)14-9-10-4-1-2-7-13(10)16(14)19-17/h1-8,15H,9H2,(H2,18,19,21). The molecule has 2 amide bonds. The van der Waals surface area contributed by atoms with Crippen LogP contribution >= 0.6 is 0 Å². The van der Waals surface area contributed by atoms with Gasteiger partial charge in [-0.05, 0) is 23.1 Å². The van der Waals surface area contributed by atoms with Gasteiger partial charge in [-0.15, -0.1) is 0 Å². The van der Waals surface area contributed by atoms with Gasteiger partial charge in [0.2, 0.25) is 0 Å². The number of nitro benzene ring substituents is 1. The zero-order valence-electron chi connectivity index (χ0n) is 12.1. The van der Waals surface area contributed by atoms with Crippen molar-refractivity contribution in [3.8, 4) is 0 Å². The summed E-state index contributed by atoms with van der Waals surface area (Å²) in [6.45, 7) is 0. The van der Waals surface area contributed by atoms with Crippen molar-refractivity contribution in [3.63, 3.8) is 0 Å². The van der Waals surface area contributed by atoms with E-state index in [4.69, 9.17) is 0 Å². The Labute approximate surface area is 132 Å². The first kappa shape index (κ1) is 13.5. The fourth-order valence-electron chi connectivity index (χ4n) is 3.25. The van der Waals surface area contributed by atoms with E-state index in [1.54, 1.807) is 12.1 Å². The monoisotopic (exact) mass is 307 g/mol. The van der Waals surface area contributed by atoms with Crippen LogP contribution < -0.4 is 10.6 Å². The molecule has 6 nitrogen and oxygen atoms in total. The molecule has 0 saturated heterocycles. The van der Waals surface area contributed by atoms with Crippen LogP contribution in [-0.2, 0) is 6.42 Å². The summed E-state index contributed by atoms with van der Waals surface area (Å²) in [5, 5.41) is 16.7. The van der Waals surface area contributed by atoms with Gasteiger partial charge in [0.15, 0.2) is 0 Å². The van der Waals surface area contributed by atoms with Crippen molar-refractivity contribution < 1.29 is 9.72 Å². The second kappa shape index (κ2) is 4.95. The zero-order valence-corrected chi connectivity index (χ0v) is 12.1. The molecule has 6 heteroatoms. The van der Waals surface area contributed by atoms with Gasteiger partial charge in [0.05, 0.1) is 16.7 Å². The molecule has 1 aliphatic carbocycles. The van der Waals surface area contributed by atoms with Crippen molar-refractivity contribution in [2.45, 2.75) is 12.5 Å². The van der Waals surface area contributed by atoms with E-state index < -0.39 is 4.92 Å². The molecule has 0 radical (unpaired) electrons. The van der Waals surface area contributed by atoms with E-state index in [1.807, 2.05) is 24.3 Å². The molecule has 4 rings (SSSR count). The van der Waals surface area contributed by atoms with Crippen molar-refractivity contribution in [2.75, 3.05) is 0 Å². The number of rotatable bonds is 2. The van der Waals surface area contributed by atoms with Crippen molar-refractivity contribution in [2.24, 2.45) is 0 Å². The SMILES string of the molecule is O=C1NC2=C(Cc3ccccc32)C(c2cccc([N+](=O)[O-])c2)N1. The maximum Gasteiger partial charge on any atom is 0.319 e. The Morgan fingerprint density at radius 2 is 1.96 bits per heavy atom. The van der Waals surface area contributed by atoms with E-state index in [2.05, 4.69) is 10.6 Å². The van der Waals surface area contributed by atoms with Gasteiger partial charge in [0.1, 0.15) is 0 Å². The lowest BCUT2D eigenvalue weighted by Crippen LogP contribution is -2.42. The van der Waals surface area contributed by atoms with E-state index in [0.29, 0.717) is 12.0 Å². The molecule has 1 aliphatic heterocycles. The lowest BCUT2D eigenvalue weighted by atomic mass is 9.95. The summed E-state index contributed by atoms with van der Waals surface area (Å²) in [4.78, 5) is 22.6. The van der Waals surface area contributed by atoms with Crippen molar-refractivity contribution in [1.29, 1.82) is 0 Å². The summed E-state index contributed by atoms with van der Waals surface area (Å²) >= 11 is 0. The van der Waals surface area contributed by atoms with Crippen LogP contribution in [0.5, 0.6) is 0 Å². The molecule has 2 aromatic rings. The highest BCUT2D eigenvalue weighted by atomic mass is 16.6. The van der Waals surface area contributed by atoms with Crippen LogP contribution in [-0.4, -0.2) is 11.0 Å². The number of benzene rings is 2. The fourth-order valence-corrected chi connectivity index (χ4v) is 3.25. The Hall–Kier alpha value is -3.15. The number of hydrogen-bond donors (Lipinski definition) is 2. The Morgan fingerprint density at radius 1 is 1.13 bits per heavy atom. The number of fused-ring (bicyclic) bond motifs is 2. The summed E-state index contributed by atoms with van der Waals surface area (Å²) in [5.74, 6) is 0. The molecule has 1 atom stereocenters. The number of non-ortho nitro benzene ring substituents is 1. The van der Waals surface area contributed by atoms with Gasteiger partial charge in [-0.25, -0.2) is 4.79 Å². The third-order valence-corrected chi connectivity index (χ3v) is 4.27. The van der Waals surface area contributed by atoms with Crippen LogP contribution in [0, 0.1) is 10.1 Å². The molecule has 23 heavy (non-hydrogen) atoms. The quantitative estimate of drug-likeness (QED) is 0.661. The Kier molecular flexibility index (Phi) is 2.90. The topological polar surface area (TPSA) is 84.3 Å². The highest BCUT2D eigenvalue weighted by molar-refractivity contribution is 5.93. The summed E-state index contributed by atoms with van der Waals surface area (Å²) < 4.78 is 0. The molecular weight excluding hydrogens is 294 g/mol. The van der Waals surface area contributed by atoms with E-state index >= 15 is 0 Å². The minimum absolute atomic E-state index is 0.0212. The number of urea groups is 1. The lowest BCUT2D eigenvalue weighted by molar-refractivity contribution is -0.384. The molecular formula is C17H13N3O3. The van der Waals surface area contributed by atoms with Crippen LogP contribution in [0.15, 0.2) is 54.1 Å². The average molecular weight is 307 g/mol. The van der Waals surface area contributed by atoms with Crippen LogP contribution in [0.2, 0.25) is 0 Å². The number of carbonyl (C=O) groups excluding carboxylic acids is 1. The fraction of sp³-hybridized carbons (Fsp3) is 0.118. The van der Waals surface area contributed by atoms with Gasteiger partial charge < -0.3 is 10.6 Å². The minimum atomic E-state index is -0.426. The number of amides is 2. The molecule has 1 unspecified atom stereocenters. The summed E-state index contributed by atoms with van der Waals surface area (Å²) in [5.41, 5.74) is 4.76. The van der Waals surface area contributed by atoms with Crippen LogP contribution in [0.3, 0.4) is 0 Å². The molecule has 0 spiro atoms. The third kappa shape index (κ3) is 2.15. The van der Waals surface area contributed by atoms with E-state index in [0.717, 1.165) is 22.4 Å². The predicted molar refractivity (Wildman–Crippen MR) is 84.6 cm³/mol. The van der Waals surface area contributed by atoms with Gasteiger partial charge in [-0.2, -0.15) is 0 Å². The molecule has 1 heterocycles. The van der Waals surface area contributed by atoms with Gasteiger partial charge in [0, 0.05) is 17.7 Å². The smallest absolute Gasteiger partial charge is 0.319 e. The van der Waals surface area contributed by atoms with Crippen LogP contribution in [0.25, 0.3) is 5.70 Å². The Morgan fingerprint density at radius 3 is 2.78 bits per heavy atom. The highest BCUT2D eigenvalue weighted by Crippen LogP contribution is 2.40. The summed E-state index contributed by atoms with van der Waals surface area (Å²) in [7, 11) is 0. The van der Waals surface area contributed by atoms with Crippen molar-refractivity contribution in [1.82, 2.24) is 10.6 Å². The molecule has 2 aromatic carbocycles. The molecule has 2 aliphatic rings. The van der Waals surface area contributed by atoms with Crippen LogP contribution in [0.4, 0.5) is 10.5 Å². The molecule has 0 aromatic heterocycles. The molecule has 0 saturated carbocycles. The van der Waals surface area contributed by atoms with Gasteiger partial charge >= 0.3 is 6.03 Å². The summed E-state index contributed by atoms with van der Waals surface area (Å²) in [6.07, 6.45) is 0.714. The zero-order chi connectivity index (χ0) is 16.0. The first-order chi connectivity index (χ1) is 11.1. The molecule has 2 N–H and O–H groups in total. The number of hydrogen-bond acceptors (Lipinski definition) is 3. The van der Waals surface area contributed by atoms with Crippen molar-refractivity contribution >= 4 is 17.4 Å². The van der Waals surface area contributed by atoms with Gasteiger partial charge in [-0.1, -0.05) is 36.4 Å². The van der Waals surface area contributed by atoms with Crippen LogP contribution in [0.1, 0.15) is 22.7 Å². The number of nitrogens with zero attached hydrogens (tertiary/aromatic N) is 1. The number of nitrogens with one attached hydrogen (secondary N) is 2. The first-order valence-electron chi connectivity index (χ1n) is 7.26. The average Bonchev–Trinajstić information content (AvgIpc) is 2.93. The number of nitro groups is 1. The second-order valence-corrected chi connectivity index (χ2v) is 5.62. The number of carbonyl (C=O) groups is 1. The second-order valence-electron chi connectivity index (χ2n) is 5.62. The molecule has 0 fully saturated rings. The maximum atomic E-state index is 12.0.